The zero-order valence-electron chi connectivity index (χ0n) is 5.45. The number of aliphatic hydroxyl groups excluding tert-OH is 1. The zero-order chi connectivity index (χ0) is 7.11. The Bertz CT molecular complexity index is 50.3. The molecule has 1 aliphatic carbocycles. The highest BCUT2D eigenvalue weighted by atomic mass is 17.0. The van der Waals surface area contributed by atoms with E-state index in [2.05, 4.69) is 0 Å². The van der Waals surface area contributed by atoms with Crippen molar-refractivity contribution in [2.75, 3.05) is 0 Å². The maximum absolute atomic E-state index is 8.91. The lowest BCUT2D eigenvalue weighted by atomic mass is 9.98. The maximum atomic E-state index is 8.91. The molecule has 0 aromatic rings. The summed E-state index contributed by atoms with van der Waals surface area (Å²) in [6.07, 6.45) is 5.92. The Morgan fingerprint density at radius 3 is 1.56 bits per heavy atom. The van der Waals surface area contributed by atoms with Crippen molar-refractivity contribution < 1.29 is 15.6 Å². The lowest BCUT2D eigenvalue weighted by Crippen LogP contribution is -2.09. The maximum Gasteiger partial charge on any atom is 0.0540 e. The van der Waals surface area contributed by atoms with Gasteiger partial charge in [0.2, 0.25) is 0 Å². The predicted octanol–water partition coefficient (Wildman–Crippen LogP) is 1.33. The van der Waals surface area contributed by atoms with Gasteiger partial charge in [-0.1, -0.05) is 19.3 Å². The average molecular weight is 134 g/mol. The van der Waals surface area contributed by atoms with Crippen LogP contribution in [-0.4, -0.2) is 21.7 Å². The van der Waals surface area contributed by atoms with Gasteiger partial charge in [0.1, 0.15) is 0 Å². The summed E-state index contributed by atoms with van der Waals surface area (Å²) >= 11 is 0. The third-order valence-electron chi connectivity index (χ3n) is 1.57. The third-order valence-corrected chi connectivity index (χ3v) is 1.57. The van der Waals surface area contributed by atoms with Gasteiger partial charge in [0.25, 0.3) is 0 Å². The lowest BCUT2D eigenvalue weighted by Gasteiger charge is -2.14. The summed E-state index contributed by atoms with van der Waals surface area (Å²) in [6, 6.07) is 0. The molecule has 0 saturated heterocycles. The van der Waals surface area contributed by atoms with E-state index < -0.39 is 0 Å². The van der Waals surface area contributed by atoms with Gasteiger partial charge in [-0.05, 0) is 12.8 Å². The van der Waals surface area contributed by atoms with Crippen molar-refractivity contribution >= 4 is 0 Å². The number of hydrogen-bond donors (Lipinski definition) is 3. The molecule has 0 unspecified atom stereocenters. The molecule has 0 aromatic carbocycles. The number of hydrogen-bond acceptors (Lipinski definition) is 3. The van der Waals surface area contributed by atoms with Crippen LogP contribution in [0.5, 0.6) is 0 Å². The molecule has 0 bridgehead atoms. The summed E-state index contributed by atoms with van der Waals surface area (Å²) in [5.41, 5.74) is 0. The minimum atomic E-state index is 0.0359. The van der Waals surface area contributed by atoms with E-state index in [4.69, 9.17) is 15.6 Å². The minimum absolute atomic E-state index is 0.0359. The SMILES string of the molecule is OC1CCCCC1.OO. The quantitative estimate of drug-likeness (QED) is 0.346. The molecular formula is C6H14O3. The molecule has 0 atom stereocenters. The van der Waals surface area contributed by atoms with Crippen LogP contribution in [0.1, 0.15) is 32.1 Å². The van der Waals surface area contributed by atoms with Gasteiger partial charge in [0.15, 0.2) is 0 Å². The fourth-order valence-electron chi connectivity index (χ4n) is 1.08. The summed E-state index contributed by atoms with van der Waals surface area (Å²) < 4.78 is 0. The Morgan fingerprint density at radius 1 is 0.889 bits per heavy atom. The second-order valence-electron chi connectivity index (χ2n) is 2.29. The molecule has 0 radical (unpaired) electrons. The highest BCUT2D eigenvalue weighted by Gasteiger charge is 2.07. The molecule has 3 nitrogen and oxygen atoms in total. The first-order valence-corrected chi connectivity index (χ1v) is 3.27. The second-order valence-corrected chi connectivity index (χ2v) is 2.29. The standard InChI is InChI=1S/C6H12O.H2O2/c7-6-4-2-1-3-5-6;1-2/h6-7H,1-5H2;1-2H. The minimum Gasteiger partial charge on any atom is -0.393 e. The topological polar surface area (TPSA) is 60.7 Å². The first kappa shape index (κ1) is 8.88. The van der Waals surface area contributed by atoms with Crippen molar-refractivity contribution in [2.24, 2.45) is 0 Å². The molecule has 3 N–H and O–H groups in total. The van der Waals surface area contributed by atoms with Crippen molar-refractivity contribution in [1.29, 1.82) is 0 Å². The average Bonchev–Trinajstić information content (AvgIpc) is 1.94. The molecule has 56 valence electrons. The van der Waals surface area contributed by atoms with Crippen LogP contribution in [-0.2, 0) is 0 Å². The van der Waals surface area contributed by atoms with E-state index in [1.165, 1.54) is 19.3 Å². The van der Waals surface area contributed by atoms with Crippen LogP contribution >= 0.6 is 0 Å². The zero-order valence-corrected chi connectivity index (χ0v) is 5.45. The predicted molar refractivity (Wildman–Crippen MR) is 34.3 cm³/mol. The molecule has 0 spiro atoms. The van der Waals surface area contributed by atoms with E-state index in [0.29, 0.717) is 0 Å². The molecule has 9 heavy (non-hydrogen) atoms. The van der Waals surface area contributed by atoms with Crippen LogP contribution in [0.4, 0.5) is 0 Å². The first-order chi connectivity index (χ1) is 4.39. The first-order valence-electron chi connectivity index (χ1n) is 3.27. The van der Waals surface area contributed by atoms with E-state index in [9.17, 15) is 0 Å². The van der Waals surface area contributed by atoms with E-state index in [1.807, 2.05) is 0 Å². The Hall–Kier alpha value is -0.120. The lowest BCUT2D eigenvalue weighted by molar-refractivity contribution is -0.176. The third kappa shape index (κ3) is 4.39. The van der Waals surface area contributed by atoms with Crippen molar-refractivity contribution in [1.82, 2.24) is 0 Å². The van der Waals surface area contributed by atoms with Gasteiger partial charge in [-0.25, -0.2) is 0 Å². The van der Waals surface area contributed by atoms with E-state index in [0.717, 1.165) is 12.8 Å². The van der Waals surface area contributed by atoms with Gasteiger partial charge in [-0.15, -0.1) is 0 Å². The van der Waals surface area contributed by atoms with Gasteiger partial charge in [-0.2, -0.15) is 0 Å². The van der Waals surface area contributed by atoms with Crippen molar-refractivity contribution in [3.8, 4) is 0 Å². The highest BCUT2D eigenvalue weighted by molar-refractivity contribution is 4.61. The van der Waals surface area contributed by atoms with Crippen LogP contribution in [0.2, 0.25) is 0 Å². The highest BCUT2D eigenvalue weighted by Crippen LogP contribution is 2.16. The molecule has 3 heteroatoms. The number of rotatable bonds is 0. The molecular weight excluding hydrogens is 120 g/mol. The monoisotopic (exact) mass is 134 g/mol. The van der Waals surface area contributed by atoms with E-state index in [-0.39, 0.29) is 6.10 Å². The molecule has 1 fully saturated rings. The molecule has 0 aromatic heterocycles. The fourth-order valence-corrected chi connectivity index (χ4v) is 1.08. The summed E-state index contributed by atoms with van der Waals surface area (Å²) in [6.45, 7) is 0. The van der Waals surface area contributed by atoms with Crippen LogP contribution in [0.3, 0.4) is 0 Å². The van der Waals surface area contributed by atoms with Crippen molar-refractivity contribution in [2.45, 2.75) is 38.2 Å². The van der Waals surface area contributed by atoms with Gasteiger partial charge in [0, 0.05) is 0 Å². The van der Waals surface area contributed by atoms with Crippen molar-refractivity contribution in [3.05, 3.63) is 0 Å². The largest absolute Gasteiger partial charge is 0.393 e. The molecule has 1 saturated carbocycles. The summed E-state index contributed by atoms with van der Waals surface area (Å²) in [5, 5.41) is 20.9. The van der Waals surface area contributed by atoms with Gasteiger partial charge >= 0.3 is 0 Å². The van der Waals surface area contributed by atoms with E-state index in [1.54, 1.807) is 0 Å². The van der Waals surface area contributed by atoms with Crippen LogP contribution in [0.15, 0.2) is 0 Å². The Morgan fingerprint density at radius 2 is 1.33 bits per heavy atom. The van der Waals surface area contributed by atoms with Crippen LogP contribution in [0.25, 0.3) is 0 Å². The van der Waals surface area contributed by atoms with Gasteiger partial charge in [0.05, 0.1) is 6.10 Å². The Labute approximate surface area is 54.9 Å². The smallest absolute Gasteiger partial charge is 0.0540 e. The van der Waals surface area contributed by atoms with E-state index >= 15 is 0 Å². The molecule has 1 aliphatic rings. The van der Waals surface area contributed by atoms with Crippen LogP contribution < -0.4 is 0 Å². The van der Waals surface area contributed by atoms with Crippen molar-refractivity contribution in [3.63, 3.8) is 0 Å². The molecule has 1 rings (SSSR count). The fraction of sp³-hybridized carbons (Fsp3) is 1.00. The molecule has 0 aliphatic heterocycles. The Balaban J connectivity index is 0.000000291. The van der Waals surface area contributed by atoms with Crippen LogP contribution in [0, 0.1) is 0 Å². The summed E-state index contributed by atoms with van der Waals surface area (Å²) in [7, 11) is 0. The summed E-state index contributed by atoms with van der Waals surface area (Å²) in [5.74, 6) is 0. The number of aliphatic hydroxyl groups is 1. The molecule has 0 heterocycles. The summed E-state index contributed by atoms with van der Waals surface area (Å²) in [4.78, 5) is 0. The second kappa shape index (κ2) is 6.01. The molecule has 0 amide bonds. The van der Waals surface area contributed by atoms with Gasteiger partial charge in [-0.3, -0.25) is 10.5 Å². The van der Waals surface area contributed by atoms with Gasteiger partial charge < -0.3 is 5.11 Å². The Kier molecular flexibility index (Phi) is 5.93. The normalized spacial score (nSPS) is 20.3.